The molecule has 0 aromatic carbocycles. The van der Waals surface area contributed by atoms with E-state index in [4.69, 9.17) is 0 Å². The number of carbonyl (C=O) groups excluding carboxylic acids is 1. The van der Waals surface area contributed by atoms with Crippen LogP contribution < -0.4 is 5.11 Å². The van der Waals surface area contributed by atoms with Crippen LogP contribution in [0.25, 0.3) is 0 Å². The van der Waals surface area contributed by atoms with E-state index in [1.807, 2.05) is 0 Å². The Bertz CT molecular complexity index is 284. The van der Waals surface area contributed by atoms with Gasteiger partial charge in [0, 0.05) is 5.97 Å². The van der Waals surface area contributed by atoms with E-state index in [0.717, 1.165) is 23.7 Å². The lowest BCUT2D eigenvalue weighted by Crippen LogP contribution is -2.35. The summed E-state index contributed by atoms with van der Waals surface area (Å²) in [6.45, 7) is 5.75. The maximum atomic E-state index is 9.92. The van der Waals surface area contributed by atoms with E-state index in [9.17, 15) is 9.90 Å². The third-order valence-corrected chi connectivity index (χ3v) is 4.67. The molecule has 3 nitrogen and oxygen atoms in total. The van der Waals surface area contributed by atoms with E-state index in [2.05, 4.69) is 35.0 Å². The Labute approximate surface area is 165 Å². The van der Waals surface area contributed by atoms with Crippen LogP contribution in [0.15, 0.2) is 0 Å². The molecule has 0 aromatic rings. The standard InChI is InChI=1S/C15H34N.C8H16O2/c1-5-6-7-8-9-10-11-12-13-14-15-16(2,3)4;1-2-3-4-5-6-7-8(9)10/h5-15H2,1-4H3;2-7H2,1H3,(H,9,10)/q+1;/p-1. The monoisotopic (exact) mass is 371 g/mol. The summed E-state index contributed by atoms with van der Waals surface area (Å²) >= 11 is 0. The summed E-state index contributed by atoms with van der Waals surface area (Å²) < 4.78 is 1.12. The molecule has 158 valence electrons. The fraction of sp³-hybridized carbons (Fsp3) is 0.957. The maximum absolute atomic E-state index is 9.92. The zero-order chi connectivity index (χ0) is 20.1. The molecule has 0 aliphatic carbocycles. The largest absolute Gasteiger partial charge is 0.550 e. The van der Waals surface area contributed by atoms with Gasteiger partial charge in [-0.3, -0.25) is 0 Å². The molecule has 0 radical (unpaired) electrons. The van der Waals surface area contributed by atoms with Crippen LogP contribution in [0.2, 0.25) is 0 Å². The van der Waals surface area contributed by atoms with E-state index in [0.29, 0.717) is 0 Å². The van der Waals surface area contributed by atoms with Gasteiger partial charge in [0.15, 0.2) is 0 Å². The van der Waals surface area contributed by atoms with Crippen LogP contribution in [0.4, 0.5) is 0 Å². The average molecular weight is 372 g/mol. The van der Waals surface area contributed by atoms with E-state index in [1.54, 1.807) is 0 Å². The van der Waals surface area contributed by atoms with Crippen molar-refractivity contribution in [1.29, 1.82) is 0 Å². The fourth-order valence-electron chi connectivity index (χ4n) is 2.95. The first-order chi connectivity index (χ1) is 12.3. The summed E-state index contributed by atoms with van der Waals surface area (Å²) in [5, 5.41) is 9.92. The molecule has 0 saturated heterocycles. The van der Waals surface area contributed by atoms with E-state index >= 15 is 0 Å². The SMILES string of the molecule is CCCCCCCC(=O)[O-].CCCCCCCCCCCC[N+](C)(C)C. The van der Waals surface area contributed by atoms with Crippen molar-refractivity contribution in [2.24, 2.45) is 0 Å². The van der Waals surface area contributed by atoms with E-state index < -0.39 is 5.97 Å². The molecular weight excluding hydrogens is 322 g/mol. The number of hydrogen-bond acceptors (Lipinski definition) is 2. The Morgan fingerprint density at radius 3 is 1.31 bits per heavy atom. The summed E-state index contributed by atoms with van der Waals surface area (Å²) in [5.41, 5.74) is 0. The number of carboxylic acids is 1. The Balaban J connectivity index is 0. The number of nitrogens with zero attached hydrogens (tertiary/aromatic N) is 1. The number of rotatable bonds is 17. The molecule has 0 heterocycles. The van der Waals surface area contributed by atoms with Crippen molar-refractivity contribution in [3.8, 4) is 0 Å². The van der Waals surface area contributed by atoms with Crippen molar-refractivity contribution >= 4 is 5.97 Å². The molecular formula is C23H49NO2. The van der Waals surface area contributed by atoms with Gasteiger partial charge in [0.1, 0.15) is 0 Å². The van der Waals surface area contributed by atoms with Gasteiger partial charge < -0.3 is 14.4 Å². The van der Waals surface area contributed by atoms with Crippen molar-refractivity contribution < 1.29 is 14.4 Å². The summed E-state index contributed by atoms with van der Waals surface area (Å²) in [6, 6.07) is 0. The number of unbranched alkanes of at least 4 members (excludes halogenated alkanes) is 13. The second-order valence-electron chi connectivity index (χ2n) is 8.73. The highest BCUT2D eigenvalue weighted by Crippen LogP contribution is 2.11. The molecule has 0 saturated carbocycles. The second-order valence-corrected chi connectivity index (χ2v) is 8.73. The van der Waals surface area contributed by atoms with Crippen molar-refractivity contribution in [3.63, 3.8) is 0 Å². The van der Waals surface area contributed by atoms with Gasteiger partial charge in [-0.05, 0) is 25.7 Å². The minimum atomic E-state index is -0.920. The van der Waals surface area contributed by atoms with Gasteiger partial charge in [-0.15, -0.1) is 0 Å². The molecule has 0 aromatic heterocycles. The number of carboxylic acid groups (broad SMARTS) is 1. The molecule has 0 N–H and O–H groups in total. The number of carbonyl (C=O) groups is 1. The minimum absolute atomic E-state index is 0.226. The average Bonchev–Trinajstić information content (AvgIpc) is 2.56. The van der Waals surface area contributed by atoms with E-state index in [1.165, 1.54) is 83.6 Å². The molecule has 26 heavy (non-hydrogen) atoms. The van der Waals surface area contributed by atoms with Crippen molar-refractivity contribution in [2.45, 2.75) is 117 Å². The molecule has 0 aliphatic heterocycles. The summed E-state index contributed by atoms with van der Waals surface area (Å²) in [4.78, 5) is 9.92. The predicted molar refractivity (Wildman–Crippen MR) is 113 cm³/mol. The number of aliphatic carboxylic acids is 1. The lowest BCUT2D eigenvalue weighted by atomic mass is 10.1. The molecule has 0 spiro atoms. The van der Waals surface area contributed by atoms with Crippen LogP contribution >= 0.6 is 0 Å². The van der Waals surface area contributed by atoms with Crippen molar-refractivity contribution in [1.82, 2.24) is 0 Å². The van der Waals surface area contributed by atoms with Gasteiger partial charge in [0.2, 0.25) is 0 Å². The van der Waals surface area contributed by atoms with Crippen LogP contribution in [0.1, 0.15) is 117 Å². The van der Waals surface area contributed by atoms with Gasteiger partial charge in [-0.25, -0.2) is 0 Å². The molecule has 0 aliphatic rings. The molecule has 0 atom stereocenters. The maximum Gasteiger partial charge on any atom is 0.0780 e. The first kappa shape index (κ1) is 27.6. The highest BCUT2D eigenvalue weighted by atomic mass is 16.4. The van der Waals surface area contributed by atoms with E-state index in [-0.39, 0.29) is 6.42 Å². The Hall–Kier alpha value is -0.570. The molecule has 0 fully saturated rings. The minimum Gasteiger partial charge on any atom is -0.550 e. The third-order valence-electron chi connectivity index (χ3n) is 4.67. The van der Waals surface area contributed by atoms with Gasteiger partial charge in [-0.1, -0.05) is 90.9 Å². The quantitative estimate of drug-likeness (QED) is 0.243. The molecule has 0 amide bonds. The number of hydrogen-bond donors (Lipinski definition) is 0. The third kappa shape index (κ3) is 31.2. The van der Waals surface area contributed by atoms with Gasteiger partial charge in [-0.2, -0.15) is 0 Å². The van der Waals surface area contributed by atoms with Gasteiger partial charge in [0.05, 0.1) is 27.7 Å². The normalized spacial score (nSPS) is 11.1. The summed E-state index contributed by atoms with van der Waals surface area (Å²) in [6.07, 6.45) is 20.0. The molecule has 3 heteroatoms. The van der Waals surface area contributed by atoms with Gasteiger partial charge >= 0.3 is 0 Å². The smallest absolute Gasteiger partial charge is 0.0780 e. The molecule has 0 rings (SSSR count). The lowest BCUT2D eigenvalue weighted by molar-refractivity contribution is -0.870. The molecule has 0 unspecified atom stereocenters. The number of quaternary nitrogens is 1. The predicted octanol–water partition coefficient (Wildman–Crippen LogP) is 5.71. The first-order valence-electron chi connectivity index (χ1n) is 11.3. The topological polar surface area (TPSA) is 40.1 Å². The van der Waals surface area contributed by atoms with Crippen molar-refractivity contribution in [3.05, 3.63) is 0 Å². The summed E-state index contributed by atoms with van der Waals surface area (Å²) in [7, 11) is 6.86. The van der Waals surface area contributed by atoms with Crippen LogP contribution in [0, 0.1) is 0 Å². The Morgan fingerprint density at radius 2 is 0.962 bits per heavy atom. The van der Waals surface area contributed by atoms with Crippen molar-refractivity contribution in [2.75, 3.05) is 27.7 Å². The van der Waals surface area contributed by atoms with Crippen LogP contribution in [-0.4, -0.2) is 38.1 Å². The first-order valence-corrected chi connectivity index (χ1v) is 11.3. The highest BCUT2D eigenvalue weighted by molar-refractivity contribution is 5.63. The zero-order valence-electron chi connectivity index (χ0n) is 18.8. The Kier molecular flexibility index (Phi) is 22.1. The van der Waals surface area contributed by atoms with Crippen LogP contribution in [0.5, 0.6) is 0 Å². The fourth-order valence-corrected chi connectivity index (χ4v) is 2.95. The summed E-state index contributed by atoms with van der Waals surface area (Å²) in [5.74, 6) is -0.920. The zero-order valence-corrected chi connectivity index (χ0v) is 18.8. The lowest BCUT2D eigenvalue weighted by Gasteiger charge is -2.23. The molecule has 0 bridgehead atoms. The Morgan fingerprint density at radius 1 is 0.615 bits per heavy atom. The van der Waals surface area contributed by atoms with Crippen LogP contribution in [-0.2, 0) is 4.79 Å². The second kappa shape index (κ2) is 20.7. The van der Waals surface area contributed by atoms with Gasteiger partial charge in [0.25, 0.3) is 0 Å². The highest BCUT2D eigenvalue weighted by Gasteiger charge is 2.04. The van der Waals surface area contributed by atoms with Crippen LogP contribution in [0.3, 0.4) is 0 Å².